The monoisotopic (exact) mass is 358 g/mol. The molecule has 0 heterocycles. The van der Waals surface area contributed by atoms with E-state index in [4.69, 9.17) is 9.47 Å². The first-order valence-corrected chi connectivity index (χ1v) is 8.71. The van der Waals surface area contributed by atoms with Gasteiger partial charge in [-0.15, -0.1) is 0 Å². The standard InChI is InChI=1S/C24H22O3/c1-16(2)24(25)27-22-13-14-23(17(3)15-22)20-7-5-18(6-8-20)19-9-11-21(26-4)12-10-19/h5-15H,1H2,2-4H3. The molecule has 0 fully saturated rings. The van der Waals surface area contributed by atoms with Crippen molar-refractivity contribution < 1.29 is 14.3 Å². The van der Waals surface area contributed by atoms with E-state index in [2.05, 4.69) is 30.8 Å². The van der Waals surface area contributed by atoms with Gasteiger partial charge in [-0.3, -0.25) is 0 Å². The molecule has 0 bridgehead atoms. The Morgan fingerprint density at radius 3 is 1.85 bits per heavy atom. The van der Waals surface area contributed by atoms with Crippen LogP contribution in [-0.2, 0) is 4.79 Å². The van der Waals surface area contributed by atoms with Gasteiger partial charge in [-0.2, -0.15) is 0 Å². The Morgan fingerprint density at radius 2 is 1.33 bits per heavy atom. The van der Waals surface area contributed by atoms with Gasteiger partial charge in [0.05, 0.1) is 7.11 Å². The summed E-state index contributed by atoms with van der Waals surface area (Å²) in [6.45, 7) is 7.24. The van der Waals surface area contributed by atoms with E-state index in [9.17, 15) is 4.79 Å². The molecule has 3 rings (SSSR count). The molecule has 3 nitrogen and oxygen atoms in total. The molecule has 0 unspecified atom stereocenters. The number of methoxy groups -OCH3 is 1. The van der Waals surface area contributed by atoms with Crippen LogP contribution in [0.2, 0.25) is 0 Å². The molecule has 3 aromatic rings. The third-order valence-corrected chi connectivity index (χ3v) is 4.38. The normalized spacial score (nSPS) is 10.3. The molecule has 0 radical (unpaired) electrons. The summed E-state index contributed by atoms with van der Waals surface area (Å²) in [5.41, 5.74) is 5.92. The highest BCUT2D eigenvalue weighted by Crippen LogP contribution is 2.30. The maximum absolute atomic E-state index is 11.7. The summed E-state index contributed by atoms with van der Waals surface area (Å²) in [5, 5.41) is 0. The predicted octanol–water partition coefficient (Wildman–Crippen LogP) is 5.82. The number of hydrogen-bond donors (Lipinski definition) is 0. The Hall–Kier alpha value is -3.33. The van der Waals surface area contributed by atoms with E-state index in [0.717, 1.165) is 33.6 Å². The molecule has 136 valence electrons. The number of benzene rings is 3. The van der Waals surface area contributed by atoms with Crippen molar-refractivity contribution in [2.24, 2.45) is 0 Å². The van der Waals surface area contributed by atoms with Gasteiger partial charge in [0.1, 0.15) is 11.5 Å². The van der Waals surface area contributed by atoms with E-state index >= 15 is 0 Å². The van der Waals surface area contributed by atoms with Crippen LogP contribution in [-0.4, -0.2) is 13.1 Å². The first-order valence-electron chi connectivity index (χ1n) is 8.71. The number of carbonyl (C=O) groups excluding carboxylic acids is 1. The van der Waals surface area contributed by atoms with E-state index < -0.39 is 5.97 Å². The van der Waals surface area contributed by atoms with Crippen molar-refractivity contribution in [1.29, 1.82) is 0 Å². The highest BCUT2D eigenvalue weighted by atomic mass is 16.5. The Labute approximate surface area is 159 Å². The molecule has 27 heavy (non-hydrogen) atoms. The number of ether oxygens (including phenoxy) is 2. The molecule has 0 aromatic heterocycles. The van der Waals surface area contributed by atoms with Gasteiger partial charge >= 0.3 is 5.97 Å². The Morgan fingerprint density at radius 1 is 0.815 bits per heavy atom. The third kappa shape index (κ3) is 4.26. The van der Waals surface area contributed by atoms with E-state index in [-0.39, 0.29) is 0 Å². The molecule has 0 N–H and O–H groups in total. The molecule has 3 aromatic carbocycles. The first kappa shape index (κ1) is 18.5. The average molecular weight is 358 g/mol. The van der Waals surface area contributed by atoms with Gasteiger partial charge in [0.15, 0.2) is 0 Å². The lowest BCUT2D eigenvalue weighted by Gasteiger charge is -2.10. The zero-order valence-corrected chi connectivity index (χ0v) is 15.8. The van der Waals surface area contributed by atoms with Crippen molar-refractivity contribution in [3.05, 3.63) is 84.4 Å². The zero-order chi connectivity index (χ0) is 19.4. The fourth-order valence-corrected chi connectivity index (χ4v) is 2.84. The summed E-state index contributed by atoms with van der Waals surface area (Å²) in [5.74, 6) is 0.962. The van der Waals surface area contributed by atoms with E-state index in [1.165, 1.54) is 0 Å². The Bertz CT molecular complexity index is 968. The van der Waals surface area contributed by atoms with Crippen molar-refractivity contribution in [3.63, 3.8) is 0 Å². The number of esters is 1. The van der Waals surface area contributed by atoms with Crippen LogP contribution in [0, 0.1) is 6.92 Å². The first-order chi connectivity index (χ1) is 13.0. The highest BCUT2D eigenvalue weighted by Gasteiger charge is 2.08. The van der Waals surface area contributed by atoms with Gasteiger partial charge in [0, 0.05) is 5.57 Å². The number of aryl methyl sites for hydroxylation is 1. The van der Waals surface area contributed by atoms with Crippen LogP contribution >= 0.6 is 0 Å². The lowest BCUT2D eigenvalue weighted by Crippen LogP contribution is -2.08. The summed E-state index contributed by atoms with van der Waals surface area (Å²) in [6, 6.07) is 22.1. The topological polar surface area (TPSA) is 35.5 Å². The maximum Gasteiger partial charge on any atom is 0.338 e. The van der Waals surface area contributed by atoms with Gasteiger partial charge < -0.3 is 9.47 Å². The zero-order valence-electron chi connectivity index (χ0n) is 15.8. The molecule has 3 heteroatoms. The predicted molar refractivity (Wildman–Crippen MR) is 109 cm³/mol. The summed E-state index contributed by atoms with van der Waals surface area (Å²) in [7, 11) is 1.66. The Kier molecular flexibility index (Phi) is 5.41. The molecular weight excluding hydrogens is 336 g/mol. The molecule has 0 amide bonds. The minimum atomic E-state index is -0.411. The van der Waals surface area contributed by atoms with Gasteiger partial charge in [-0.05, 0) is 65.9 Å². The second-order valence-electron chi connectivity index (χ2n) is 6.45. The van der Waals surface area contributed by atoms with Crippen LogP contribution < -0.4 is 9.47 Å². The minimum absolute atomic E-state index is 0.380. The van der Waals surface area contributed by atoms with Gasteiger partial charge in [0.2, 0.25) is 0 Å². The summed E-state index contributed by atoms with van der Waals surface area (Å²) < 4.78 is 10.5. The van der Waals surface area contributed by atoms with Crippen molar-refractivity contribution in [1.82, 2.24) is 0 Å². The second kappa shape index (κ2) is 7.92. The van der Waals surface area contributed by atoms with E-state index in [1.807, 2.05) is 43.3 Å². The van der Waals surface area contributed by atoms with Crippen LogP contribution in [0.25, 0.3) is 22.3 Å². The van der Waals surface area contributed by atoms with Crippen molar-refractivity contribution in [2.75, 3.05) is 7.11 Å². The van der Waals surface area contributed by atoms with E-state index in [0.29, 0.717) is 11.3 Å². The fraction of sp³-hybridized carbons (Fsp3) is 0.125. The van der Waals surface area contributed by atoms with Crippen molar-refractivity contribution >= 4 is 5.97 Å². The van der Waals surface area contributed by atoms with Gasteiger partial charge in [0.25, 0.3) is 0 Å². The minimum Gasteiger partial charge on any atom is -0.497 e. The molecule has 0 aliphatic rings. The van der Waals surface area contributed by atoms with Crippen LogP contribution in [0.4, 0.5) is 0 Å². The number of rotatable bonds is 5. The van der Waals surface area contributed by atoms with Crippen molar-refractivity contribution in [3.8, 4) is 33.8 Å². The smallest absolute Gasteiger partial charge is 0.338 e. The van der Waals surface area contributed by atoms with Gasteiger partial charge in [-0.25, -0.2) is 4.79 Å². The van der Waals surface area contributed by atoms with Crippen LogP contribution in [0.15, 0.2) is 78.9 Å². The second-order valence-corrected chi connectivity index (χ2v) is 6.45. The Balaban J connectivity index is 1.82. The molecular formula is C24H22O3. The molecule has 0 saturated heterocycles. The third-order valence-electron chi connectivity index (χ3n) is 4.38. The van der Waals surface area contributed by atoms with Crippen LogP contribution in [0.5, 0.6) is 11.5 Å². The molecule has 0 aliphatic heterocycles. The number of hydrogen-bond acceptors (Lipinski definition) is 3. The molecule has 0 aliphatic carbocycles. The quantitative estimate of drug-likeness (QED) is 0.327. The molecule has 0 saturated carbocycles. The lowest BCUT2D eigenvalue weighted by molar-refractivity contribution is -0.130. The van der Waals surface area contributed by atoms with Crippen LogP contribution in [0.1, 0.15) is 12.5 Å². The largest absolute Gasteiger partial charge is 0.497 e. The fourth-order valence-electron chi connectivity index (χ4n) is 2.84. The van der Waals surface area contributed by atoms with Crippen molar-refractivity contribution in [2.45, 2.75) is 13.8 Å². The molecule has 0 atom stereocenters. The summed E-state index contributed by atoms with van der Waals surface area (Å²) in [4.78, 5) is 11.7. The summed E-state index contributed by atoms with van der Waals surface area (Å²) >= 11 is 0. The SMILES string of the molecule is C=C(C)C(=O)Oc1ccc(-c2ccc(-c3ccc(OC)cc3)cc2)c(C)c1. The van der Waals surface area contributed by atoms with E-state index in [1.54, 1.807) is 20.1 Å². The highest BCUT2D eigenvalue weighted by molar-refractivity contribution is 5.89. The van der Waals surface area contributed by atoms with Gasteiger partial charge in [-0.1, -0.05) is 49.0 Å². The molecule has 0 spiro atoms. The maximum atomic E-state index is 11.7. The average Bonchev–Trinajstić information content (AvgIpc) is 2.68. The number of carbonyl (C=O) groups is 1. The summed E-state index contributed by atoms with van der Waals surface area (Å²) in [6.07, 6.45) is 0. The van der Waals surface area contributed by atoms with Crippen LogP contribution in [0.3, 0.4) is 0 Å². The lowest BCUT2D eigenvalue weighted by atomic mass is 9.97.